The summed E-state index contributed by atoms with van der Waals surface area (Å²) in [5, 5.41) is 0. The van der Waals surface area contributed by atoms with Crippen LogP contribution in [0.25, 0.3) is 0 Å². The van der Waals surface area contributed by atoms with Crippen molar-refractivity contribution in [3.05, 3.63) is 0 Å². The van der Waals surface area contributed by atoms with E-state index >= 15 is 0 Å². The van der Waals surface area contributed by atoms with Crippen LogP contribution < -0.4 is 5.73 Å². The van der Waals surface area contributed by atoms with Crippen LogP contribution in [0.2, 0.25) is 0 Å². The van der Waals surface area contributed by atoms with E-state index in [4.69, 9.17) is 10.5 Å². The maximum Gasteiger partial charge on any atom is 0.0703 e. The van der Waals surface area contributed by atoms with Gasteiger partial charge in [-0.3, -0.25) is 9.80 Å². The lowest BCUT2D eigenvalue weighted by atomic mass is 9.93. The van der Waals surface area contributed by atoms with Crippen molar-refractivity contribution < 1.29 is 4.74 Å². The lowest BCUT2D eigenvalue weighted by Crippen LogP contribution is -2.59. The van der Waals surface area contributed by atoms with Gasteiger partial charge < -0.3 is 10.5 Å². The predicted molar refractivity (Wildman–Crippen MR) is 74.7 cm³/mol. The molecule has 0 aromatic rings. The highest BCUT2D eigenvalue weighted by Crippen LogP contribution is 2.32. The molecule has 0 aromatic carbocycles. The minimum Gasteiger partial charge on any atom is -0.377 e. The van der Waals surface area contributed by atoms with Crippen molar-refractivity contribution in [3.63, 3.8) is 0 Å². The van der Waals surface area contributed by atoms with Crippen LogP contribution in [0.4, 0.5) is 0 Å². The van der Waals surface area contributed by atoms with Crippen LogP contribution >= 0.6 is 0 Å². The fourth-order valence-electron chi connectivity index (χ4n) is 3.51. The molecule has 0 spiro atoms. The standard InChI is InChI=1S/C14H29N3O/c1-11(2)17-7-6-14(9-15,10-17)16(4)13-5-8-18-12(13)3/h11-13H,5-10,15H2,1-4H3. The zero-order valence-electron chi connectivity index (χ0n) is 12.4. The van der Waals surface area contributed by atoms with Crippen LogP contribution in [0.5, 0.6) is 0 Å². The highest BCUT2D eigenvalue weighted by atomic mass is 16.5. The monoisotopic (exact) mass is 255 g/mol. The zero-order chi connectivity index (χ0) is 13.3. The maximum absolute atomic E-state index is 6.14. The fourth-order valence-corrected chi connectivity index (χ4v) is 3.51. The summed E-state index contributed by atoms with van der Waals surface area (Å²) in [4.78, 5) is 5.07. The van der Waals surface area contributed by atoms with Crippen molar-refractivity contribution >= 4 is 0 Å². The molecule has 0 saturated carbocycles. The number of ether oxygens (including phenoxy) is 1. The Morgan fingerprint density at radius 3 is 2.67 bits per heavy atom. The van der Waals surface area contributed by atoms with E-state index in [9.17, 15) is 0 Å². The van der Waals surface area contributed by atoms with Gasteiger partial charge in [0, 0.05) is 43.9 Å². The van der Waals surface area contributed by atoms with E-state index in [1.165, 1.54) is 13.0 Å². The molecule has 0 bridgehead atoms. The van der Waals surface area contributed by atoms with Gasteiger partial charge in [0.15, 0.2) is 0 Å². The molecule has 2 heterocycles. The van der Waals surface area contributed by atoms with Crippen LogP contribution in [-0.4, -0.2) is 66.8 Å². The van der Waals surface area contributed by atoms with E-state index in [-0.39, 0.29) is 5.54 Å². The van der Waals surface area contributed by atoms with E-state index in [1.807, 2.05) is 0 Å². The number of hydrogen-bond acceptors (Lipinski definition) is 4. The van der Waals surface area contributed by atoms with Crippen molar-refractivity contribution in [1.29, 1.82) is 0 Å². The van der Waals surface area contributed by atoms with Gasteiger partial charge in [0.05, 0.1) is 6.10 Å². The quantitative estimate of drug-likeness (QED) is 0.811. The molecule has 0 amide bonds. The van der Waals surface area contributed by atoms with Gasteiger partial charge in [0.25, 0.3) is 0 Å². The number of rotatable bonds is 4. The summed E-state index contributed by atoms with van der Waals surface area (Å²) in [6, 6.07) is 1.14. The average Bonchev–Trinajstić information content (AvgIpc) is 2.95. The molecule has 0 radical (unpaired) electrons. The van der Waals surface area contributed by atoms with Gasteiger partial charge in [0.2, 0.25) is 0 Å². The van der Waals surface area contributed by atoms with Crippen molar-refractivity contribution in [2.24, 2.45) is 5.73 Å². The minimum atomic E-state index is 0.150. The molecule has 2 N–H and O–H groups in total. The number of hydrogen-bond donors (Lipinski definition) is 1. The first-order chi connectivity index (χ1) is 8.50. The summed E-state index contributed by atoms with van der Waals surface area (Å²) in [5.74, 6) is 0. The SMILES string of the molecule is CC1OCCC1N(C)C1(CN)CCN(C(C)C)C1. The third kappa shape index (κ3) is 2.44. The van der Waals surface area contributed by atoms with Crippen LogP contribution in [0.3, 0.4) is 0 Å². The first kappa shape index (κ1) is 14.3. The molecule has 4 nitrogen and oxygen atoms in total. The molecule has 0 aliphatic carbocycles. The fraction of sp³-hybridized carbons (Fsp3) is 1.00. The molecule has 2 aliphatic heterocycles. The van der Waals surface area contributed by atoms with Crippen LogP contribution in [-0.2, 0) is 4.74 Å². The summed E-state index contributed by atoms with van der Waals surface area (Å²) >= 11 is 0. The topological polar surface area (TPSA) is 41.7 Å². The number of nitrogens with zero attached hydrogens (tertiary/aromatic N) is 2. The van der Waals surface area contributed by atoms with Crippen molar-refractivity contribution in [1.82, 2.24) is 9.80 Å². The normalized spacial score (nSPS) is 38.2. The molecule has 18 heavy (non-hydrogen) atoms. The van der Waals surface area contributed by atoms with Crippen molar-refractivity contribution in [2.75, 3.05) is 33.3 Å². The zero-order valence-corrected chi connectivity index (χ0v) is 12.4. The molecular formula is C14H29N3O. The Hall–Kier alpha value is -0.160. The van der Waals surface area contributed by atoms with Crippen LogP contribution in [0.1, 0.15) is 33.6 Å². The van der Waals surface area contributed by atoms with E-state index in [0.29, 0.717) is 18.2 Å². The number of likely N-dealkylation sites (tertiary alicyclic amines) is 1. The average molecular weight is 255 g/mol. The third-order valence-corrected chi connectivity index (χ3v) is 5.05. The molecule has 2 aliphatic rings. The largest absolute Gasteiger partial charge is 0.377 e. The van der Waals surface area contributed by atoms with E-state index < -0.39 is 0 Å². The minimum absolute atomic E-state index is 0.150. The first-order valence-electron chi connectivity index (χ1n) is 7.29. The Labute approximate surface area is 111 Å². The summed E-state index contributed by atoms with van der Waals surface area (Å²) < 4.78 is 5.71. The van der Waals surface area contributed by atoms with Gasteiger partial charge in [-0.1, -0.05) is 0 Å². The molecule has 2 fully saturated rings. The molecule has 3 unspecified atom stereocenters. The van der Waals surface area contributed by atoms with Crippen molar-refractivity contribution in [2.45, 2.75) is 57.3 Å². The Kier molecular flexibility index (Phi) is 4.32. The van der Waals surface area contributed by atoms with E-state index in [1.54, 1.807) is 0 Å². The molecule has 106 valence electrons. The first-order valence-corrected chi connectivity index (χ1v) is 7.29. The summed E-state index contributed by atoms with van der Waals surface area (Å²) in [5.41, 5.74) is 6.29. The van der Waals surface area contributed by atoms with E-state index in [0.717, 1.165) is 26.1 Å². The van der Waals surface area contributed by atoms with Gasteiger partial charge in [-0.2, -0.15) is 0 Å². The van der Waals surface area contributed by atoms with Crippen LogP contribution in [0.15, 0.2) is 0 Å². The number of likely N-dealkylation sites (N-methyl/N-ethyl adjacent to an activating group) is 1. The van der Waals surface area contributed by atoms with Gasteiger partial charge in [-0.25, -0.2) is 0 Å². The van der Waals surface area contributed by atoms with Gasteiger partial charge in [-0.05, 0) is 40.7 Å². The van der Waals surface area contributed by atoms with Crippen molar-refractivity contribution in [3.8, 4) is 0 Å². The lowest BCUT2D eigenvalue weighted by Gasteiger charge is -2.43. The second kappa shape index (κ2) is 5.45. The highest BCUT2D eigenvalue weighted by Gasteiger charge is 2.45. The Balaban J connectivity index is 2.08. The van der Waals surface area contributed by atoms with Gasteiger partial charge in [0.1, 0.15) is 0 Å². The molecular weight excluding hydrogens is 226 g/mol. The summed E-state index contributed by atoms with van der Waals surface area (Å²) in [6.07, 6.45) is 2.66. The van der Waals surface area contributed by atoms with Gasteiger partial charge >= 0.3 is 0 Å². The van der Waals surface area contributed by atoms with E-state index in [2.05, 4.69) is 37.6 Å². The Morgan fingerprint density at radius 1 is 1.50 bits per heavy atom. The smallest absolute Gasteiger partial charge is 0.0703 e. The van der Waals surface area contributed by atoms with Crippen LogP contribution in [0, 0.1) is 0 Å². The molecule has 2 rings (SSSR count). The lowest BCUT2D eigenvalue weighted by molar-refractivity contribution is 0.0304. The Bertz CT molecular complexity index is 284. The highest BCUT2D eigenvalue weighted by molar-refractivity contribution is 5.03. The van der Waals surface area contributed by atoms with Gasteiger partial charge in [-0.15, -0.1) is 0 Å². The number of nitrogens with two attached hydrogens (primary N) is 1. The molecule has 0 aromatic heterocycles. The third-order valence-electron chi connectivity index (χ3n) is 5.05. The second-order valence-corrected chi connectivity index (χ2v) is 6.29. The Morgan fingerprint density at radius 2 is 2.22 bits per heavy atom. The summed E-state index contributed by atoms with van der Waals surface area (Å²) in [6.45, 7) is 10.6. The maximum atomic E-state index is 6.14. The molecule has 2 saturated heterocycles. The summed E-state index contributed by atoms with van der Waals surface area (Å²) in [7, 11) is 2.24. The molecule has 4 heteroatoms. The molecule has 3 atom stereocenters. The predicted octanol–water partition coefficient (Wildman–Crippen LogP) is 0.907. The second-order valence-electron chi connectivity index (χ2n) is 6.29.